The Kier molecular flexibility index (Phi) is 6.57. The Morgan fingerprint density at radius 2 is 1.61 bits per heavy atom. The molecule has 3 heterocycles. The molecule has 1 aromatic heterocycles. The number of ether oxygens (including phenoxy) is 2. The number of hydrogen-bond donors (Lipinski definition) is 0. The molecule has 38 heavy (non-hydrogen) atoms. The molecule has 0 N–H and O–H groups in total. The fourth-order valence-corrected chi connectivity index (χ4v) is 6.42. The Morgan fingerprint density at radius 1 is 0.895 bits per heavy atom. The SMILES string of the molecule is Cc1ccc(-c2nc(S(=O)(=O)c3ccc4c(c3)OCCO4)c(N3CCC(Cc4ccccc4)CC3)o2)cc1. The summed E-state index contributed by atoms with van der Waals surface area (Å²) in [6, 6.07) is 22.9. The number of anilines is 1. The number of rotatable bonds is 6. The van der Waals surface area contributed by atoms with Crippen molar-refractivity contribution in [2.24, 2.45) is 5.92 Å². The quantitative estimate of drug-likeness (QED) is 0.316. The lowest BCUT2D eigenvalue weighted by Crippen LogP contribution is -2.34. The lowest BCUT2D eigenvalue weighted by Gasteiger charge is -2.32. The van der Waals surface area contributed by atoms with Crippen LogP contribution in [0.25, 0.3) is 11.5 Å². The van der Waals surface area contributed by atoms with Gasteiger partial charge in [0.05, 0.1) is 4.90 Å². The highest BCUT2D eigenvalue weighted by molar-refractivity contribution is 7.91. The van der Waals surface area contributed by atoms with Gasteiger partial charge in [-0.2, -0.15) is 4.98 Å². The van der Waals surface area contributed by atoms with Gasteiger partial charge in [0.15, 0.2) is 11.5 Å². The highest BCUT2D eigenvalue weighted by atomic mass is 32.2. The minimum Gasteiger partial charge on any atom is -0.486 e. The van der Waals surface area contributed by atoms with E-state index in [0.29, 0.717) is 55.5 Å². The zero-order valence-corrected chi connectivity index (χ0v) is 22.1. The maximum Gasteiger partial charge on any atom is 0.236 e. The summed E-state index contributed by atoms with van der Waals surface area (Å²) in [5.41, 5.74) is 3.17. The maximum absolute atomic E-state index is 13.9. The van der Waals surface area contributed by atoms with Crippen molar-refractivity contribution in [3.63, 3.8) is 0 Å². The van der Waals surface area contributed by atoms with Crippen molar-refractivity contribution in [1.82, 2.24) is 4.98 Å². The van der Waals surface area contributed by atoms with Gasteiger partial charge in [0.1, 0.15) is 13.2 Å². The third-order valence-electron chi connectivity index (χ3n) is 7.23. The fourth-order valence-electron chi connectivity index (χ4n) is 5.08. The van der Waals surface area contributed by atoms with Crippen LogP contribution in [0.15, 0.2) is 87.1 Å². The molecule has 0 radical (unpaired) electrons. The molecule has 0 bridgehead atoms. The van der Waals surface area contributed by atoms with Gasteiger partial charge in [-0.05, 0) is 61.9 Å². The van der Waals surface area contributed by atoms with Crippen LogP contribution < -0.4 is 14.4 Å². The first-order valence-electron chi connectivity index (χ1n) is 13.0. The Hall–Kier alpha value is -3.78. The maximum atomic E-state index is 13.9. The highest BCUT2D eigenvalue weighted by Crippen LogP contribution is 2.39. The molecule has 0 aliphatic carbocycles. The summed E-state index contributed by atoms with van der Waals surface area (Å²) >= 11 is 0. The van der Waals surface area contributed by atoms with Crippen LogP contribution in [0.4, 0.5) is 5.88 Å². The van der Waals surface area contributed by atoms with E-state index in [0.717, 1.165) is 30.4 Å². The second-order valence-corrected chi connectivity index (χ2v) is 11.8. The molecular formula is C30H30N2O5S. The van der Waals surface area contributed by atoms with Gasteiger partial charge in [-0.25, -0.2) is 8.42 Å². The molecule has 0 unspecified atom stereocenters. The summed E-state index contributed by atoms with van der Waals surface area (Å²) < 4.78 is 45.3. The summed E-state index contributed by atoms with van der Waals surface area (Å²) in [5, 5.41) is -0.0636. The molecule has 196 valence electrons. The topological polar surface area (TPSA) is 81.9 Å². The van der Waals surface area contributed by atoms with Gasteiger partial charge in [-0.3, -0.25) is 0 Å². The number of fused-ring (bicyclic) bond motifs is 1. The van der Waals surface area contributed by atoms with Crippen LogP contribution in [0.2, 0.25) is 0 Å². The van der Waals surface area contributed by atoms with Gasteiger partial charge < -0.3 is 18.8 Å². The highest BCUT2D eigenvalue weighted by Gasteiger charge is 2.34. The molecule has 8 heteroatoms. The summed E-state index contributed by atoms with van der Waals surface area (Å²) in [7, 11) is -3.99. The Bertz CT molecular complexity index is 1520. The molecule has 1 fully saturated rings. The van der Waals surface area contributed by atoms with E-state index in [4.69, 9.17) is 13.9 Å². The van der Waals surface area contributed by atoms with Crippen LogP contribution in [0.3, 0.4) is 0 Å². The number of oxazole rings is 1. The minimum atomic E-state index is -3.99. The molecular weight excluding hydrogens is 500 g/mol. The van der Waals surface area contributed by atoms with Crippen LogP contribution in [-0.2, 0) is 16.3 Å². The van der Waals surface area contributed by atoms with E-state index < -0.39 is 9.84 Å². The lowest BCUT2D eigenvalue weighted by atomic mass is 9.90. The average Bonchev–Trinajstić information content (AvgIpc) is 3.41. The number of hydrogen-bond acceptors (Lipinski definition) is 7. The Morgan fingerprint density at radius 3 is 2.34 bits per heavy atom. The van der Waals surface area contributed by atoms with Gasteiger partial charge in [0.2, 0.25) is 26.6 Å². The number of aromatic nitrogens is 1. The standard InChI is InChI=1S/C30H30N2O5S/c1-21-7-9-24(10-8-21)28-31-29(38(33,34)25-11-12-26-27(20-25)36-18-17-35-26)30(37-28)32-15-13-23(14-16-32)19-22-5-3-2-4-6-22/h2-12,20,23H,13-19H2,1H3. The predicted molar refractivity (Wildman–Crippen MR) is 145 cm³/mol. The van der Waals surface area contributed by atoms with Gasteiger partial charge in [-0.1, -0.05) is 48.0 Å². The monoisotopic (exact) mass is 530 g/mol. The van der Waals surface area contributed by atoms with Crippen LogP contribution in [-0.4, -0.2) is 39.7 Å². The van der Waals surface area contributed by atoms with E-state index in [2.05, 4.69) is 29.2 Å². The molecule has 3 aromatic carbocycles. The largest absolute Gasteiger partial charge is 0.486 e. The average molecular weight is 531 g/mol. The first-order valence-corrected chi connectivity index (χ1v) is 14.5. The zero-order valence-electron chi connectivity index (χ0n) is 21.3. The number of sulfone groups is 1. The van der Waals surface area contributed by atoms with E-state index in [9.17, 15) is 8.42 Å². The first kappa shape index (κ1) is 24.6. The third-order valence-corrected chi connectivity index (χ3v) is 8.87. The third kappa shape index (κ3) is 4.88. The van der Waals surface area contributed by atoms with Crippen LogP contribution in [0.5, 0.6) is 11.5 Å². The van der Waals surface area contributed by atoms with E-state index in [1.54, 1.807) is 12.1 Å². The molecule has 2 aliphatic rings. The van der Waals surface area contributed by atoms with Crippen LogP contribution >= 0.6 is 0 Å². The van der Waals surface area contributed by atoms with Crippen molar-refractivity contribution >= 4 is 15.7 Å². The normalized spacial score (nSPS) is 16.0. The number of aryl methyl sites for hydroxylation is 1. The summed E-state index contributed by atoms with van der Waals surface area (Å²) in [5.74, 6) is 2.08. The first-order chi connectivity index (χ1) is 18.5. The van der Waals surface area contributed by atoms with E-state index in [1.807, 2.05) is 42.2 Å². The van der Waals surface area contributed by atoms with Crippen molar-refractivity contribution in [3.8, 4) is 23.0 Å². The molecule has 4 aromatic rings. The van der Waals surface area contributed by atoms with Gasteiger partial charge in [0, 0.05) is 24.7 Å². The smallest absolute Gasteiger partial charge is 0.236 e. The molecule has 6 rings (SSSR count). The molecule has 0 atom stereocenters. The van der Waals surface area contributed by atoms with E-state index in [1.165, 1.54) is 11.6 Å². The zero-order chi connectivity index (χ0) is 26.1. The van der Waals surface area contributed by atoms with Crippen LogP contribution in [0, 0.1) is 12.8 Å². The van der Waals surface area contributed by atoms with E-state index >= 15 is 0 Å². The van der Waals surface area contributed by atoms with Gasteiger partial charge in [-0.15, -0.1) is 0 Å². The summed E-state index contributed by atoms with van der Waals surface area (Å²) in [6.07, 6.45) is 2.90. The second kappa shape index (κ2) is 10.2. The molecule has 0 spiro atoms. The van der Waals surface area contributed by atoms with Crippen molar-refractivity contribution in [3.05, 3.63) is 83.9 Å². The molecule has 2 aliphatic heterocycles. The van der Waals surface area contributed by atoms with Crippen molar-refractivity contribution in [1.29, 1.82) is 0 Å². The van der Waals surface area contributed by atoms with Gasteiger partial charge >= 0.3 is 0 Å². The second-order valence-electron chi connectivity index (χ2n) is 9.92. The Balaban J connectivity index is 1.33. The summed E-state index contributed by atoms with van der Waals surface area (Å²) in [6.45, 7) is 4.21. The molecule has 0 amide bonds. The number of nitrogens with zero attached hydrogens (tertiary/aromatic N) is 2. The Labute approximate surface area is 223 Å². The lowest BCUT2D eigenvalue weighted by molar-refractivity contribution is 0.171. The van der Waals surface area contributed by atoms with Crippen molar-refractivity contribution in [2.45, 2.75) is 36.1 Å². The van der Waals surface area contributed by atoms with Crippen molar-refractivity contribution < 1.29 is 22.3 Å². The molecule has 0 saturated carbocycles. The van der Waals surface area contributed by atoms with E-state index in [-0.39, 0.29) is 9.92 Å². The van der Waals surface area contributed by atoms with Crippen molar-refractivity contribution in [2.75, 3.05) is 31.2 Å². The summed E-state index contributed by atoms with van der Waals surface area (Å²) in [4.78, 5) is 6.69. The number of benzene rings is 3. The fraction of sp³-hybridized carbons (Fsp3) is 0.300. The molecule has 1 saturated heterocycles. The predicted octanol–water partition coefficient (Wildman–Crippen LogP) is 5.71. The van der Waals surface area contributed by atoms with Crippen LogP contribution in [0.1, 0.15) is 24.0 Å². The molecule has 7 nitrogen and oxygen atoms in total. The minimum absolute atomic E-state index is 0.0636. The number of piperidine rings is 1. The van der Waals surface area contributed by atoms with Gasteiger partial charge in [0.25, 0.3) is 0 Å².